The number of hydrogen-bond acceptors (Lipinski definition) is 11. The summed E-state index contributed by atoms with van der Waals surface area (Å²) in [6.45, 7) is 12.0. The molecule has 2 aromatic heterocycles. The highest BCUT2D eigenvalue weighted by Crippen LogP contribution is 2.54. The van der Waals surface area contributed by atoms with E-state index in [4.69, 9.17) is 9.47 Å². The van der Waals surface area contributed by atoms with E-state index in [0.717, 1.165) is 76.3 Å². The number of hydrogen-bond donors (Lipinski definition) is 3. The molecule has 3 aromatic carbocycles. The van der Waals surface area contributed by atoms with Crippen LogP contribution in [0.5, 0.6) is 17.2 Å². The van der Waals surface area contributed by atoms with Gasteiger partial charge in [0, 0.05) is 55.3 Å². The van der Waals surface area contributed by atoms with Crippen LogP contribution in [-0.2, 0) is 10.0 Å². The van der Waals surface area contributed by atoms with E-state index in [2.05, 4.69) is 81.8 Å². The number of fused-ring (bicyclic) bond motifs is 2. The summed E-state index contributed by atoms with van der Waals surface area (Å²) in [4.78, 5) is 37.5. The van der Waals surface area contributed by atoms with Gasteiger partial charge in [0.05, 0.1) is 33.0 Å². The summed E-state index contributed by atoms with van der Waals surface area (Å²) in [5.41, 5.74) is 4.15. The number of sulfonamides is 1. The van der Waals surface area contributed by atoms with Gasteiger partial charge in [-0.25, -0.2) is 22.5 Å². The van der Waals surface area contributed by atoms with Gasteiger partial charge in [0.1, 0.15) is 29.6 Å². The van der Waals surface area contributed by atoms with Crippen LogP contribution in [0.3, 0.4) is 0 Å². The first-order chi connectivity index (χ1) is 32.5. The van der Waals surface area contributed by atoms with Crippen LogP contribution >= 0.6 is 0 Å². The normalized spacial score (nSPS) is 21.8. The summed E-state index contributed by atoms with van der Waals surface area (Å²) in [5.74, 6) is -0.412. The highest BCUT2D eigenvalue weighted by atomic mass is 32.2. The maximum atomic E-state index is 14.7. The number of pyridine rings is 1. The lowest BCUT2D eigenvalue weighted by molar-refractivity contribution is -0.384. The Balaban J connectivity index is 0.853. The van der Waals surface area contributed by atoms with Gasteiger partial charge in [-0.05, 0) is 129 Å². The summed E-state index contributed by atoms with van der Waals surface area (Å²) in [5, 5.41) is 15.9. The van der Waals surface area contributed by atoms with Gasteiger partial charge in [0.15, 0.2) is 11.4 Å². The average Bonchev–Trinajstić information content (AvgIpc) is 3.94. The second-order valence-electron chi connectivity index (χ2n) is 21.2. The highest BCUT2D eigenvalue weighted by molar-refractivity contribution is 7.90. The topological polar surface area (TPSA) is 172 Å². The van der Waals surface area contributed by atoms with Gasteiger partial charge in [-0.1, -0.05) is 52.0 Å². The van der Waals surface area contributed by atoms with E-state index in [-0.39, 0.29) is 51.9 Å². The minimum atomic E-state index is -4.68. The number of nitro groups is 1. The molecule has 10 rings (SSSR count). The summed E-state index contributed by atoms with van der Waals surface area (Å²) < 4.78 is 57.1. The Morgan fingerprint density at radius 1 is 1.03 bits per heavy atom. The van der Waals surface area contributed by atoms with Crippen molar-refractivity contribution < 1.29 is 32.0 Å². The Morgan fingerprint density at radius 3 is 2.54 bits per heavy atom. The van der Waals surface area contributed by atoms with Gasteiger partial charge in [0.2, 0.25) is 0 Å². The number of piperidine rings is 1. The summed E-state index contributed by atoms with van der Waals surface area (Å²) in [7, 11) is -4.68. The minimum absolute atomic E-state index is 0.0229. The second kappa shape index (κ2) is 18.0. The van der Waals surface area contributed by atoms with E-state index < -0.39 is 37.3 Å². The SMILES string of the molecule is CC(C)c1ccccc1[C@@H]1CCCN1C1CC2(CCN(c3ccc(C(=O)NS(=O)(=O)c4cc5c(c([N+](=O)[O-])c4)NC(CC4CCC(C)(C)CC4)CO5)c(Oc4cnc5[nH]cc(F)c5c4)c3)CC2)C1. The number of rotatable bonds is 12. The molecule has 2 saturated heterocycles. The van der Waals surface area contributed by atoms with Crippen molar-refractivity contribution in [2.24, 2.45) is 16.7 Å². The molecule has 16 heteroatoms. The Bertz CT molecular complexity index is 2840. The maximum Gasteiger partial charge on any atom is 0.297 e. The summed E-state index contributed by atoms with van der Waals surface area (Å²) in [6, 6.07) is 18.4. The Hall–Kier alpha value is -5.74. The van der Waals surface area contributed by atoms with Crippen LogP contribution in [0.4, 0.5) is 21.5 Å². The zero-order valence-corrected chi connectivity index (χ0v) is 40.2. The summed E-state index contributed by atoms with van der Waals surface area (Å²) in [6.07, 6.45) is 14.5. The fourth-order valence-electron chi connectivity index (χ4n) is 11.9. The molecule has 1 unspecified atom stereocenters. The molecule has 4 fully saturated rings. The Kier molecular flexibility index (Phi) is 12.2. The van der Waals surface area contributed by atoms with E-state index in [1.807, 2.05) is 0 Å². The van der Waals surface area contributed by atoms with Crippen molar-refractivity contribution in [3.05, 3.63) is 106 Å². The fourth-order valence-corrected chi connectivity index (χ4v) is 12.9. The van der Waals surface area contributed by atoms with E-state index in [9.17, 15) is 27.7 Å². The van der Waals surface area contributed by atoms with Crippen LogP contribution < -0.4 is 24.4 Å². The molecule has 5 heterocycles. The van der Waals surface area contributed by atoms with Crippen LogP contribution in [-0.4, -0.2) is 72.4 Å². The van der Waals surface area contributed by atoms with Gasteiger partial charge in [-0.15, -0.1) is 0 Å². The predicted octanol–water partition coefficient (Wildman–Crippen LogP) is 11.0. The average molecular weight is 948 g/mol. The number of anilines is 2. The molecule has 360 valence electrons. The molecule has 0 bridgehead atoms. The van der Waals surface area contributed by atoms with Gasteiger partial charge in [0.25, 0.3) is 21.6 Å². The Labute approximate surface area is 397 Å². The number of nitrogens with one attached hydrogen (secondary N) is 3. The van der Waals surface area contributed by atoms with Gasteiger partial charge in [-0.3, -0.25) is 19.8 Å². The first kappa shape index (κ1) is 46.0. The van der Waals surface area contributed by atoms with Crippen molar-refractivity contribution in [3.63, 3.8) is 0 Å². The number of aromatic amines is 1. The van der Waals surface area contributed by atoms with Crippen molar-refractivity contribution in [2.45, 2.75) is 127 Å². The number of amides is 1. The largest absolute Gasteiger partial charge is 0.489 e. The smallest absolute Gasteiger partial charge is 0.297 e. The zero-order chi connectivity index (χ0) is 47.5. The molecule has 5 aliphatic rings. The lowest BCUT2D eigenvalue weighted by Crippen LogP contribution is -2.54. The number of benzene rings is 3. The van der Waals surface area contributed by atoms with Crippen molar-refractivity contribution in [1.29, 1.82) is 0 Å². The monoisotopic (exact) mass is 947 g/mol. The molecule has 3 aliphatic heterocycles. The lowest BCUT2D eigenvalue weighted by Gasteiger charge is -2.56. The maximum absolute atomic E-state index is 14.7. The van der Waals surface area contributed by atoms with Crippen molar-refractivity contribution in [2.75, 3.05) is 36.5 Å². The lowest BCUT2D eigenvalue weighted by atomic mass is 9.59. The van der Waals surface area contributed by atoms with Crippen LogP contribution in [0.15, 0.2) is 78.0 Å². The number of H-pyrrole nitrogens is 1. The van der Waals surface area contributed by atoms with Crippen LogP contribution in [0.1, 0.15) is 132 Å². The van der Waals surface area contributed by atoms with Crippen molar-refractivity contribution in [1.82, 2.24) is 19.6 Å². The third kappa shape index (κ3) is 9.13. The number of nitrogens with zero attached hydrogens (tertiary/aromatic N) is 4. The van der Waals surface area contributed by atoms with E-state index in [1.165, 1.54) is 67.4 Å². The quantitative estimate of drug-likeness (QED) is 0.0803. The van der Waals surface area contributed by atoms with E-state index in [0.29, 0.717) is 35.0 Å². The van der Waals surface area contributed by atoms with Crippen LogP contribution in [0.25, 0.3) is 11.0 Å². The first-order valence-corrected chi connectivity index (χ1v) is 25.8. The fraction of sp³-hybridized carbons (Fsp3) is 0.500. The first-order valence-electron chi connectivity index (χ1n) is 24.4. The number of nitro benzene ring substituents is 1. The van der Waals surface area contributed by atoms with Crippen LogP contribution in [0, 0.1) is 32.7 Å². The molecule has 3 N–H and O–H groups in total. The molecular weight excluding hydrogens is 886 g/mol. The molecule has 0 radical (unpaired) electrons. The van der Waals surface area contributed by atoms with Gasteiger partial charge < -0.3 is 24.7 Å². The molecule has 14 nitrogen and oxygen atoms in total. The zero-order valence-electron chi connectivity index (χ0n) is 39.4. The Morgan fingerprint density at radius 2 is 1.79 bits per heavy atom. The minimum Gasteiger partial charge on any atom is -0.489 e. The summed E-state index contributed by atoms with van der Waals surface area (Å²) >= 11 is 0. The number of aromatic nitrogens is 2. The number of ether oxygens (including phenoxy) is 2. The molecule has 5 aromatic rings. The molecule has 1 amide bonds. The molecule has 2 saturated carbocycles. The van der Waals surface area contributed by atoms with Gasteiger partial charge in [-0.2, -0.15) is 0 Å². The molecule has 2 atom stereocenters. The van der Waals surface area contributed by atoms with Crippen LogP contribution in [0.2, 0.25) is 0 Å². The third-order valence-corrected chi connectivity index (χ3v) is 17.1. The van der Waals surface area contributed by atoms with Gasteiger partial charge >= 0.3 is 0 Å². The number of likely N-dealkylation sites (tertiary alicyclic amines) is 1. The number of halogens is 1. The third-order valence-electron chi connectivity index (χ3n) is 15.8. The van der Waals surface area contributed by atoms with Crippen molar-refractivity contribution >= 4 is 44.0 Å². The standard InChI is InChI=1S/C52H62FN7O7S/c1-32(2)39-8-5-6-9-40(39)44-10-7-19-59(44)36-27-52(28-36)17-20-58(21-18-52)35-11-12-41(46(23-35)67-37-24-42-43(53)30-55-49(42)54-29-37)50(61)57-68(64,65)38-25-45(60(62)63)48-47(26-38)66-31-34(56-48)22-33-13-15-51(3,4)16-14-33/h5-6,8-9,11-12,23-26,29-30,32-34,36,44,56H,7,10,13-22,27-28,31H2,1-4H3,(H,54,55)(H,57,61)/t34?,44-/m0/s1. The molecule has 1 spiro atoms. The number of carbonyl (C=O) groups excluding carboxylic acids is 1. The highest BCUT2D eigenvalue weighted by Gasteiger charge is 2.50. The predicted molar refractivity (Wildman–Crippen MR) is 260 cm³/mol. The second-order valence-corrected chi connectivity index (χ2v) is 22.9. The molecular formula is C52H62FN7O7S. The molecule has 68 heavy (non-hydrogen) atoms. The number of carbonyl (C=O) groups is 1. The molecule has 2 aliphatic carbocycles. The van der Waals surface area contributed by atoms with Crippen molar-refractivity contribution in [3.8, 4) is 17.2 Å². The van der Waals surface area contributed by atoms with E-state index in [1.54, 1.807) is 12.1 Å². The van der Waals surface area contributed by atoms with E-state index >= 15 is 0 Å².